The van der Waals surface area contributed by atoms with Crippen LogP contribution in [0.25, 0.3) is 10.9 Å². The van der Waals surface area contributed by atoms with Gasteiger partial charge in [-0.05, 0) is 38.5 Å². The molecule has 0 bridgehead atoms. The fraction of sp³-hybridized carbons (Fsp3) is 0.423. The molecule has 2 aromatic heterocycles. The zero-order valence-corrected chi connectivity index (χ0v) is 20.9. The van der Waals surface area contributed by atoms with Crippen molar-refractivity contribution in [1.82, 2.24) is 24.8 Å². The second-order valence-corrected chi connectivity index (χ2v) is 9.29. The van der Waals surface area contributed by atoms with Crippen LogP contribution in [0.5, 0.6) is 0 Å². The van der Waals surface area contributed by atoms with Crippen molar-refractivity contribution < 1.29 is 14.3 Å². The smallest absolute Gasteiger partial charge is 0.409 e. The summed E-state index contributed by atoms with van der Waals surface area (Å²) in [6, 6.07) is 10.2. The minimum absolute atomic E-state index is 0.0563. The highest BCUT2D eigenvalue weighted by molar-refractivity contribution is 5.98. The summed E-state index contributed by atoms with van der Waals surface area (Å²) >= 11 is 0. The lowest BCUT2D eigenvalue weighted by Gasteiger charge is -2.34. The average Bonchev–Trinajstić information content (AvgIpc) is 3.24. The van der Waals surface area contributed by atoms with Gasteiger partial charge in [-0.25, -0.2) is 9.78 Å². The van der Waals surface area contributed by atoms with Gasteiger partial charge >= 0.3 is 6.09 Å². The molecule has 2 aliphatic rings. The van der Waals surface area contributed by atoms with E-state index in [0.29, 0.717) is 63.3 Å². The first-order valence-corrected chi connectivity index (χ1v) is 12.4. The van der Waals surface area contributed by atoms with Gasteiger partial charge in [-0.15, -0.1) is 0 Å². The molecule has 5 rings (SSSR count). The minimum atomic E-state index is -0.305. The second-order valence-electron chi connectivity index (χ2n) is 9.29. The lowest BCUT2D eigenvalue weighted by Crippen LogP contribution is -2.49. The van der Waals surface area contributed by atoms with Crippen molar-refractivity contribution in [3.8, 4) is 0 Å². The maximum Gasteiger partial charge on any atom is 0.409 e. The summed E-state index contributed by atoms with van der Waals surface area (Å²) in [5.41, 5.74) is 3.24. The Hall–Kier alpha value is -3.95. The Morgan fingerprint density at radius 3 is 2.67 bits per heavy atom. The van der Waals surface area contributed by atoms with Crippen LogP contribution in [0.3, 0.4) is 0 Å². The van der Waals surface area contributed by atoms with Gasteiger partial charge in [0.1, 0.15) is 11.5 Å². The molecule has 2 aliphatic heterocycles. The van der Waals surface area contributed by atoms with Gasteiger partial charge in [0.15, 0.2) is 0 Å². The number of piperazine rings is 1. The first kappa shape index (κ1) is 23.8. The first-order valence-electron chi connectivity index (χ1n) is 12.4. The van der Waals surface area contributed by atoms with E-state index in [0.717, 1.165) is 22.0 Å². The van der Waals surface area contributed by atoms with Crippen LogP contribution in [0, 0.1) is 0 Å². The van der Waals surface area contributed by atoms with Gasteiger partial charge < -0.3 is 24.8 Å². The number of carbonyl (C=O) groups excluding carboxylic acids is 2. The topological polar surface area (TPSA) is 104 Å². The predicted molar refractivity (Wildman–Crippen MR) is 137 cm³/mol. The second kappa shape index (κ2) is 9.96. The normalized spacial score (nSPS) is 15.6. The van der Waals surface area contributed by atoms with E-state index < -0.39 is 0 Å². The van der Waals surface area contributed by atoms with Crippen LogP contribution >= 0.6 is 0 Å². The maximum absolute atomic E-state index is 13.2. The van der Waals surface area contributed by atoms with E-state index in [9.17, 15) is 9.59 Å². The van der Waals surface area contributed by atoms with E-state index in [1.54, 1.807) is 11.8 Å². The molecular weight excluding hydrogens is 458 g/mol. The van der Waals surface area contributed by atoms with Crippen molar-refractivity contribution in [3.63, 3.8) is 0 Å². The number of nitrogens with one attached hydrogen (secondary N) is 1. The number of fused-ring (bicyclic) bond motifs is 2. The number of anilines is 2. The maximum atomic E-state index is 13.2. The molecule has 10 nitrogen and oxygen atoms in total. The van der Waals surface area contributed by atoms with E-state index in [2.05, 4.69) is 21.4 Å². The molecule has 0 spiro atoms. The average molecular weight is 490 g/mol. The molecule has 0 atom stereocenters. The molecule has 1 aromatic carbocycles. The number of ether oxygens (including phenoxy) is 1. The van der Waals surface area contributed by atoms with Gasteiger partial charge in [0.25, 0.3) is 5.91 Å². The Balaban J connectivity index is 1.40. The van der Waals surface area contributed by atoms with Gasteiger partial charge in [0.2, 0.25) is 5.95 Å². The Kier molecular flexibility index (Phi) is 6.58. The van der Waals surface area contributed by atoms with Crippen LogP contribution in [0.2, 0.25) is 0 Å². The molecule has 1 saturated heterocycles. The number of hydrogen-bond donors (Lipinski definition) is 1. The lowest BCUT2D eigenvalue weighted by molar-refractivity contribution is 0.0726. The Morgan fingerprint density at radius 2 is 1.92 bits per heavy atom. The molecule has 0 radical (unpaired) electrons. The minimum Gasteiger partial charge on any atom is -0.450 e. The van der Waals surface area contributed by atoms with Crippen LogP contribution in [0.1, 0.15) is 42.4 Å². The monoisotopic (exact) mass is 489 g/mol. The van der Waals surface area contributed by atoms with Crippen molar-refractivity contribution >= 4 is 34.7 Å². The van der Waals surface area contributed by atoms with Crippen molar-refractivity contribution in [3.05, 3.63) is 53.3 Å². The number of rotatable bonds is 6. The number of aromatic nitrogens is 3. The summed E-state index contributed by atoms with van der Waals surface area (Å²) in [6.45, 7) is 9.29. The first-order chi connectivity index (χ1) is 17.4. The van der Waals surface area contributed by atoms with E-state index in [-0.39, 0.29) is 18.0 Å². The summed E-state index contributed by atoms with van der Waals surface area (Å²) in [6.07, 6.45) is 1.55. The van der Waals surface area contributed by atoms with Crippen LogP contribution in [-0.4, -0.2) is 75.6 Å². The molecule has 188 valence electrons. The zero-order valence-electron chi connectivity index (χ0n) is 20.9. The molecule has 0 aliphatic carbocycles. The Labute approximate surface area is 210 Å². The number of para-hydroxylation sites is 1. The third-order valence-electron chi connectivity index (χ3n) is 6.61. The molecule has 0 unspecified atom stereocenters. The Morgan fingerprint density at radius 1 is 1.14 bits per heavy atom. The standard InChI is InChI=1S/C26H31N7O3/c1-4-36-26(35)32-11-9-31(10-12-32)25-29-22-20(16-33(17(2)3)24(22)34)23(30-25)28-15-18-13-19-7-5-6-8-21(19)27-14-18/h5-8,13-14,17H,4,9-12,15-16H2,1-3H3,(H,28,29,30). The van der Waals surface area contributed by atoms with Gasteiger partial charge in [0, 0.05) is 55.9 Å². The lowest BCUT2D eigenvalue weighted by atomic mass is 10.1. The summed E-state index contributed by atoms with van der Waals surface area (Å²) < 4.78 is 5.12. The summed E-state index contributed by atoms with van der Waals surface area (Å²) in [7, 11) is 0. The van der Waals surface area contributed by atoms with Crippen LogP contribution in [-0.2, 0) is 17.8 Å². The number of carbonyl (C=O) groups is 2. The SMILES string of the molecule is CCOC(=O)N1CCN(c2nc(NCc3cnc4ccccc4c3)c3c(n2)C(=O)N(C(C)C)C3)CC1. The highest BCUT2D eigenvalue weighted by atomic mass is 16.6. The van der Waals surface area contributed by atoms with Crippen molar-refractivity contribution in [1.29, 1.82) is 0 Å². The zero-order chi connectivity index (χ0) is 25.2. The fourth-order valence-electron chi connectivity index (χ4n) is 4.58. The quantitative estimate of drug-likeness (QED) is 0.563. The van der Waals surface area contributed by atoms with E-state index in [1.165, 1.54) is 0 Å². The molecule has 1 N–H and O–H groups in total. The van der Waals surface area contributed by atoms with Crippen molar-refractivity contribution in [2.24, 2.45) is 0 Å². The Bertz CT molecular complexity index is 1290. The molecule has 0 saturated carbocycles. The number of hydrogen-bond acceptors (Lipinski definition) is 8. The number of amides is 2. The molecule has 4 heterocycles. The fourth-order valence-corrected chi connectivity index (χ4v) is 4.58. The van der Waals surface area contributed by atoms with Crippen molar-refractivity contribution in [2.45, 2.75) is 39.9 Å². The molecule has 36 heavy (non-hydrogen) atoms. The predicted octanol–water partition coefficient (Wildman–Crippen LogP) is 3.28. The van der Waals surface area contributed by atoms with E-state index in [4.69, 9.17) is 9.72 Å². The van der Waals surface area contributed by atoms with Crippen LogP contribution in [0.4, 0.5) is 16.6 Å². The molecule has 10 heteroatoms. The van der Waals surface area contributed by atoms with Crippen LogP contribution in [0.15, 0.2) is 36.5 Å². The van der Waals surface area contributed by atoms with E-state index >= 15 is 0 Å². The van der Waals surface area contributed by atoms with Crippen molar-refractivity contribution in [2.75, 3.05) is 43.0 Å². The highest BCUT2D eigenvalue weighted by Gasteiger charge is 2.35. The largest absolute Gasteiger partial charge is 0.450 e. The molecule has 2 amide bonds. The van der Waals surface area contributed by atoms with Gasteiger partial charge in [-0.2, -0.15) is 4.98 Å². The third kappa shape index (κ3) is 4.62. The highest BCUT2D eigenvalue weighted by Crippen LogP contribution is 2.31. The van der Waals surface area contributed by atoms with Gasteiger partial charge in [0.05, 0.1) is 18.7 Å². The molecule has 3 aromatic rings. The number of benzene rings is 1. The van der Waals surface area contributed by atoms with Gasteiger partial charge in [-0.1, -0.05) is 18.2 Å². The summed E-state index contributed by atoms with van der Waals surface area (Å²) in [5, 5.41) is 4.52. The third-order valence-corrected chi connectivity index (χ3v) is 6.61. The number of pyridine rings is 1. The number of nitrogens with zero attached hydrogens (tertiary/aromatic N) is 6. The molecular formula is C26H31N7O3. The molecule has 1 fully saturated rings. The summed E-state index contributed by atoms with van der Waals surface area (Å²) in [4.78, 5) is 44.9. The van der Waals surface area contributed by atoms with E-state index in [1.807, 2.05) is 54.1 Å². The van der Waals surface area contributed by atoms with Crippen LogP contribution < -0.4 is 10.2 Å². The summed E-state index contributed by atoms with van der Waals surface area (Å²) in [5.74, 6) is 1.08. The van der Waals surface area contributed by atoms with Gasteiger partial charge in [-0.3, -0.25) is 9.78 Å².